The topological polar surface area (TPSA) is 80.8 Å². The Morgan fingerprint density at radius 3 is 2.11 bits per heavy atom. The standard InChI is InChI=1S/C27H17BrClNO5/c1-13-16(7-4-8-19(13)29)22-20-21(26(34)30(25(20)33)15-11-9-14(28)10-12-15)27(35-22)23(31)17-5-2-3-6-18(17)24(27)32/h2-12,20-22H,1H3/t20-,21-,22+/m0/s1. The Hall–Kier alpha value is -3.13. The van der Waals surface area contributed by atoms with Gasteiger partial charge in [-0.3, -0.25) is 19.2 Å². The van der Waals surface area contributed by atoms with Crippen molar-refractivity contribution < 1.29 is 23.9 Å². The van der Waals surface area contributed by atoms with Gasteiger partial charge in [0.1, 0.15) is 0 Å². The second-order valence-electron chi connectivity index (χ2n) is 8.92. The fourth-order valence-corrected chi connectivity index (χ4v) is 6.02. The molecule has 1 spiro atoms. The van der Waals surface area contributed by atoms with Crippen LogP contribution < -0.4 is 4.90 Å². The lowest BCUT2D eigenvalue weighted by Crippen LogP contribution is -2.51. The van der Waals surface area contributed by atoms with E-state index in [0.717, 1.165) is 9.37 Å². The predicted molar refractivity (Wildman–Crippen MR) is 131 cm³/mol. The van der Waals surface area contributed by atoms with E-state index in [9.17, 15) is 19.2 Å². The van der Waals surface area contributed by atoms with Gasteiger partial charge in [0.2, 0.25) is 29.0 Å². The largest absolute Gasteiger partial charge is 0.349 e. The number of anilines is 1. The van der Waals surface area contributed by atoms with E-state index in [4.69, 9.17) is 16.3 Å². The summed E-state index contributed by atoms with van der Waals surface area (Å²) in [6.45, 7) is 1.78. The first-order valence-corrected chi connectivity index (χ1v) is 12.2. The minimum Gasteiger partial charge on any atom is -0.349 e. The number of halogens is 2. The van der Waals surface area contributed by atoms with Crippen molar-refractivity contribution in [1.82, 2.24) is 0 Å². The number of nitrogens with zero attached hydrogens (tertiary/aromatic N) is 1. The molecule has 0 radical (unpaired) electrons. The van der Waals surface area contributed by atoms with Crippen LogP contribution in [-0.2, 0) is 14.3 Å². The fraction of sp³-hybridized carbons (Fsp3) is 0.185. The van der Waals surface area contributed by atoms with Crippen LogP contribution >= 0.6 is 27.5 Å². The highest BCUT2D eigenvalue weighted by molar-refractivity contribution is 9.10. The van der Waals surface area contributed by atoms with Gasteiger partial charge in [-0.15, -0.1) is 0 Å². The Balaban J connectivity index is 1.57. The second-order valence-corrected chi connectivity index (χ2v) is 10.2. The van der Waals surface area contributed by atoms with Crippen molar-refractivity contribution in [3.05, 3.63) is 98.5 Å². The van der Waals surface area contributed by atoms with E-state index in [2.05, 4.69) is 15.9 Å². The van der Waals surface area contributed by atoms with Crippen molar-refractivity contribution in [2.24, 2.45) is 11.8 Å². The Bertz CT molecular complexity index is 1430. The molecule has 174 valence electrons. The molecule has 2 aliphatic heterocycles. The maximum atomic E-state index is 13.9. The van der Waals surface area contributed by atoms with E-state index in [1.54, 1.807) is 73.7 Å². The summed E-state index contributed by atoms with van der Waals surface area (Å²) in [7, 11) is 0. The Labute approximate surface area is 214 Å². The molecule has 8 heteroatoms. The molecule has 35 heavy (non-hydrogen) atoms. The first-order chi connectivity index (χ1) is 16.8. The number of amides is 2. The number of imide groups is 1. The quantitative estimate of drug-likeness (QED) is 0.327. The van der Waals surface area contributed by atoms with Crippen LogP contribution in [0.5, 0.6) is 0 Å². The average Bonchev–Trinajstić information content (AvgIpc) is 3.42. The zero-order chi connectivity index (χ0) is 24.6. The number of benzene rings is 3. The van der Waals surface area contributed by atoms with Crippen molar-refractivity contribution in [3.8, 4) is 0 Å². The molecule has 0 aromatic heterocycles. The van der Waals surface area contributed by atoms with E-state index < -0.39 is 46.9 Å². The Morgan fingerprint density at radius 2 is 1.49 bits per heavy atom. The third-order valence-electron chi connectivity index (χ3n) is 7.22. The number of carbonyl (C=O) groups is 4. The molecule has 2 saturated heterocycles. The first kappa shape index (κ1) is 22.3. The SMILES string of the molecule is Cc1c(Cl)cccc1[C@H]1OC2(C(=O)c3ccccc3C2=O)[C@@H]2C(=O)N(c3ccc(Br)cc3)C(=O)[C@H]12. The van der Waals surface area contributed by atoms with Crippen molar-refractivity contribution in [2.75, 3.05) is 4.90 Å². The summed E-state index contributed by atoms with van der Waals surface area (Å²) < 4.78 is 7.10. The smallest absolute Gasteiger partial charge is 0.241 e. The highest BCUT2D eigenvalue weighted by Crippen LogP contribution is 2.58. The molecular formula is C27H17BrClNO5. The van der Waals surface area contributed by atoms with Crippen LogP contribution in [0, 0.1) is 18.8 Å². The van der Waals surface area contributed by atoms with Crippen LogP contribution in [0.25, 0.3) is 0 Å². The van der Waals surface area contributed by atoms with E-state index in [0.29, 0.717) is 21.8 Å². The third-order valence-corrected chi connectivity index (χ3v) is 8.16. The van der Waals surface area contributed by atoms with Crippen molar-refractivity contribution in [2.45, 2.75) is 18.6 Å². The number of ketones is 2. The van der Waals surface area contributed by atoms with Crippen LogP contribution in [0.15, 0.2) is 71.2 Å². The molecule has 0 saturated carbocycles. The van der Waals surface area contributed by atoms with Crippen molar-refractivity contribution >= 4 is 56.6 Å². The summed E-state index contributed by atoms with van der Waals surface area (Å²) in [6, 6.07) is 18.3. The normalized spacial score (nSPS) is 24.4. The number of fused-ring (bicyclic) bond motifs is 3. The van der Waals surface area contributed by atoms with Gasteiger partial charge in [0.25, 0.3) is 0 Å². The van der Waals surface area contributed by atoms with Gasteiger partial charge in [-0.1, -0.05) is 63.9 Å². The lowest BCUT2D eigenvalue weighted by Gasteiger charge is -2.27. The lowest BCUT2D eigenvalue weighted by atomic mass is 9.77. The van der Waals surface area contributed by atoms with Gasteiger partial charge in [0, 0.05) is 20.6 Å². The maximum Gasteiger partial charge on any atom is 0.241 e. The number of rotatable bonds is 2. The number of hydrogen-bond donors (Lipinski definition) is 0. The summed E-state index contributed by atoms with van der Waals surface area (Å²) in [5.74, 6) is -4.68. The van der Waals surface area contributed by atoms with Gasteiger partial charge in [-0.25, -0.2) is 4.90 Å². The molecule has 3 aromatic carbocycles. The molecule has 2 amide bonds. The molecular weight excluding hydrogens is 534 g/mol. The molecule has 1 aliphatic carbocycles. The number of hydrogen-bond acceptors (Lipinski definition) is 5. The molecule has 3 aliphatic rings. The molecule has 2 fully saturated rings. The highest BCUT2D eigenvalue weighted by Gasteiger charge is 2.74. The van der Waals surface area contributed by atoms with Crippen molar-refractivity contribution in [3.63, 3.8) is 0 Å². The zero-order valence-corrected chi connectivity index (χ0v) is 20.7. The fourth-order valence-electron chi connectivity index (χ4n) is 5.58. The van der Waals surface area contributed by atoms with Crippen LogP contribution in [0.3, 0.4) is 0 Å². The zero-order valence-electron chi connectivity index (χ0n) is 18.3. The number of Topliss-reactive ketones (excluding diaryl/α,β-unsaturated/α-hetero) is 2. The highest BCUT2D eigenvalue weighted by atomic mass is 79.9. The third kappa shape index (κ3) is 2.86. The van der Waals surface area contributed by atoms with E-state index in [1.165, 1.54) is 0 Å². The Kier molecular flexibility index (Phi) is 4.90. The second kappa shape index (κ2) is 7.68. The summed E-state index contributed by atoms with van der Waals surface area (Å²) in [5, 5.41) is 0.456. The molecule has 3 aromatic rings. The van der Waals surface area contributed by atoms with Gasteiger partial charge < -0.3 is 4.74 Å². The minimum absolute atomic E-state index is 0.196. The van der Waals surface area contributed by atoms with Gasteiger partial charge in [0.15, 0.2) is 0 Å². The molecule has 0 unspecified atom stereocenters. The maximum absolute atomic E-state index is 13.9. The molecule has 3 atom stereocenters. The van der Waals surface area contributed by atoms with Crippen LogP contribution in [-0.4, -0.2) is 29.0 Å². The first-order valence-electron chi connectivity index (χ1n) is 11.0. The van der Waals surface area contributed by atoms with Gasteiger partial charge >= 0.3 is 0 Å². The monoisotopic (exact) mass is 549 g/mol. The molecule has 0 bridgehead atoms. The van der Waals surface area contributed by atoms with E-state index in [1.807, 2.05) is 0 Å². The summed E-state index contributed by atoms with van der Waals surface area (Å²) in [5.41, 5.74) is -0.119. The minimum atomic E-state index is -2.11. The van der Waals surface area contributed by atoms with Gasteiger partial charge in [-0.05, 0) is 48.4 Å². The van der Waals surface area contributed by atoms with Crippen molar-refractivity contribution in [1.29, 1.82) is 0 Å². The number of carbonyl (C=O) groups excluding carboxylic acids is 4. The molecule has 6 rings (SSSR count). The van der Waals surface area contributed by atoms with E-state index >= 15 is 0 Å². The van der Waals surface area contributed by atoms with Crippen LogP contribution in [0.1, 0.15) is 37.9 Å². The van der Waals surface area contributed by atoms with Gasteiger partial charge in [0.05, 0.1) is 23.6 Å². The summed E-state index contributed by atoms with van der Waals surface area (Å²) in [6.07, 6.45) is -1.00. The van der Waals surface area contributed by atoms with Gasteiger partial charge in [-0.2, -0.15) is 0 Å². The summed E-state index contributed by atoms with van der Waals surface area (Å²) in [4.78, 5) is 56.4. The Morgan fingerprint density at radius 1 is 0.857 bits per heavy atom. The molecule has 6 nitrogen and oxygen atoms in total. The predicted octanol–water partition coefficient (Wildman–Crippen LogP) is 5.11. The average molecular weight is 551 g/mol. The molecule has 0 N–H and O–H groups in total. The molecule has 2 heterocycles. The summed E-state index contributed by atoms with van der Waals surface area (Å²) >= 11 is 9.72. The van der Waals surface area contributed by atoms with Crippen LogP contribution in [0.2, 0.25) is 5.02 Å². The van der Waals surface area contributed by atoms with E-state index in [-0.39, 0.29) is 11.1 Å². The van der Waals surface area contributed by atoms with Crippen LogP contribution in [0.4, 0.5) is 5.69 Å². The number of ether oxygens (including phenoxy) is 1. The lowest BCUT2D eigenvalue weighted by molar-refractivity contribution is -0.127.